The lowest BCUT2D eigenvalue weighted by molar-refractivity contribution is -0.156. The van der Waals surface area contributed by atoms with E-state index in [0.717, 1.165) is 12.8 Å². The minimum Gasteiger partial charge on any atom is -0.479 e. The van der Waals surface area contributed by atoms with E-state index in [0.29, 0.717) is 25.9 Å². The smallest absolute Gasteiger partial charge is 0.329 e. The molecule has 1 aliphatic rings. The lowest BCUT2D eigenvalue weighted by atomic mass is 9.90. The highest BCUT2D eigenvalue weighted by Gasteiger charge is 2.48. The number of aliphatic carboxylic acids is 1. The van der Waals surface area contributed by atoms with Crippen molar-refractivity contribution in [1.82, 2.24) is 10.2 Å². The van der Waals surface area contributed by atoms with Gasteiger partial charge in [0.05, 0.1) is 6.54 Å². The molecule has 1 saturated heterocycles. The molecule has 102 valence electrons. The second-order valence-corrected chi connectivity index (χ2v) is 4.66. The van der Waals surface area contributed by atoms with Gasteiger partial charge in [-0.15, -0.1) is 6.58 Å². The van der Waals surface area contributed by atoms with E-state index in [4.69, 9.17) is 0 Å². The minimum absolute atomic E-state index is 0.134. The molecular weight excluding hydrogens is 232 g/mol. The van der Waals surface area contributed by atoms with Crippen LogP contribution < -0.4 is 5.32 Å². The lowest BCUT2D eigenvalue weighted by Crippen LogP contribution is -2.55. The van der Waals surface area contributed by atoms with E-state index in [2.05, 4.69) is 11.9 Å². The maximum atomic E-state index is 12.1. The Morgan fingerprint density at radius 2 is 2.28 bits per heavy atom. The van der Waals surface area contributed by atoms with Gasteiger partial charge in [-0.2, -0.15) is 0 Å². The summed E-state index contributed by atoms with van der Waals surface area (Å²) in [6, 6.07) is 0. The third kappa shape index (κ3) is 2.90. The van der Waals surface area contributed by atoms with Crippen LogP contribution in [0.4, 0.5) is 0 Å². The van der Waals surface area contributed by atoms with E-state index >= 15 is 0 Å². The van der Waals surface area contributed by atoms with Crippen LogP contribution in [0.1, 0.15) is 32.6 Å². The Labute approximate surface area is 108 Å². The SMILES string of the molecule is C=CCNCC(=O)N1CCCC1(CCC)C(=O)O. The fourth-order valence-corrected chi connectivity index (χ4v) is 2.62. The third-order valence-corrected chi connectivity index (χ3v) is 3.42. The second-order valence-electron chi connectivity index (χ2n) is 4.66. The van der Waals surface area contributed by atoms with Crippen LogP contribution in [0.15, 0.2) is 12.7 Å². The van der Waals surface area contributed by atoms with Gasteiger partial charge in [0.25, 0.3) is 0 Å². The zero-order valence-electron chi connectivity index (χ0n) is 10.9. The van der Waals surface area contributed by atoms with Crippen molar-refractivity contribution in [3.8, 4) is 0 Å². The highest BCUT2D eigenvalue weighted by atomic mass is 16.4. The average Bonchev–Trinajstić information content (AvgIpc) is 2.75. The molecule has 0 radical (unpaired) electrons. The Morgan fingerprint density at radius 3 is 2.83 bits per heavy atom. The lowest BCUT2D eigenvalue weighted by Gasteiger charge is -2.34. The summed E-state index contributed by atoms with van der Waals surface area (Å²) in [5.41, 5.74) is -0.984. The first kappa shape index (κ1) is 14.7. The van der Waals surface area contributed by atoms with E-state index in [1.807, 2.05) is 6.92 Å². The number of carbonyl (C=O) groups is 2. The van der Waals surface area contributed by atoms with E-state index in [9.17, 15) is 14.7 Å². The van der Waals surface area contributed by atoms with Crippen molar-refractivity contribution in [2.24, 2.45) is 0 Å². The van der Waals surface area contributed by atoms with Crippen molar-refractivity contribution in [2.75, 3.05) is 19.6 Å². The van der Waals surface area contributed by atoms with Crippen molar-refractivity contribution in [2.45, 2.75) is 38.1 Å². The van der Waals surface area contributed by atoms with Crippen molar-refractivity contribution in [3.05, 3.63) is 12.7 Å². The molecule has 0 bridgehead atoms. The van der Waals surface area contributed by atoms with Crippen LogP contribution in [0.3, 0.4) is 0 Å². The summed E-state index contributed by atoms with van der Waals surface area (Å²) in [7, 11) is 0. The van der Waals surface area contributed by atoms with Gasteiger partial charge in [0.15, 0.2) is 0 Å². The van der Waals surface area contributed by atoms with Gasteiger partial charge >= 0.3 is 5.97 Å². The van der Waals surface area contributed by atoms with Gasteiger partial charge in [-0.25, -0.2) is 4.79 Å². The zero-order valence-corrected chi connectivity index (χ0v) is 10.9. The molecule has 0 aromatic heterocycles. The number of hydrogen-bond donors (Lipinski definition) is 2. The number of carboxylic acid groups (broad SMARTS) is 1. The van der Waals surface area contributed by atoms with Crippen LogP contribution in [0.5, 0.6) is 0 Å². The number of carboxylic acids is 1. The van der Waals surface area contributed by atoms with Crippen molar-refractivity contribution in [3.63, 3.8) is 0 Å². The molecule has 1 atom stereocenters. The maximum absolute atomic E-state index is 12.1. The number of nitrogens with one attached hydrogen (secondary N) is 1. The molecule has 0 aromatic rings. The van der Waals surface area contributed by atoms with Crippen molar-refractivity contribution >= 4 is 11.9 Å². The van der Waals surface area contributed by atoms with Crippen LogP contribution in [-0.4, -0.2) is 47.1 Å². The highest BCUT2D eigenvalue weighted by molar-refractivity contribution is 5.88. The fraction of sp³-hybridized carbons (Fsp3) is 0.692. The van der Waals surface area contributed by atoms with Crippen molar-refractivity contribution < 1.29 is 14.7 Å². The molecule has 1 heterocycles. The molecule has 1 fully saturated rings. The maximum Gasteiger partial charge on any atom is 0.329 e. The molecule has 1 rings (SSSR count). The minimum atomic E-state index is -0.984. The van der Waals surface area contributed by atoms with Crippen LogP contribution in [0, 0.1) is 0 Å². The number of hydrogen-bond acceptors (Lipinski definition) is 3. The van der Waals surface area contributed by atoms with Gasteiger partial charge in [-0.3, -0.25) is 4.79 Å². The molecule has 5 heteroatoms. The Balaban J connectivity index is 2.75. The predicted octanol–water partition coefficient (Wildman–Crippen LogP) is 1.01. The predicted molar refractivity (Wildman–Crippen MR) is 69.3 cm³/mol. The molecule has 1 unspecified atom stereocenters. The summed E-state index contributed by atoms with van der Waals surface area (Å²) in [6.45, 7) is 6.77. The molecule has 5 nitrogen and oxygen atoms in total. The largest absolute Gasteiger partial charge is 0.479 e. The van der Waals surface area contributed by atoms with Crippen LogP contribution in [0.25, 0.3) is 0 Å². The number of amides is 1. The Bertz CT molecular complexity index is 330. The highest BCUT2D eigenvalue weighted by Crippen LogP contribution is 2.33. The molecular formula is C13H22N2O3. The standard InChI is InChI=1S/C13H22N2O3/c1-3-6-13(12(17)18)7-5-9-15(13)11(16)10-14-8-4-2/h4,14H,2-3,5-10H2,1H3,(H,17,18). The van der Waals surface area contributed by atoms with E-state index < -0.39 is 11.5 Å². The van der Waals surface area contributed by atoms with Crippen LogP contribution in [-0.2, 0) is 9.59 Å². The summed E-state index contributed by atoms with van der Waals surface area (Å²) >= 11 is 0. The molecule has 0 aromatic carbocycles. The van der Waals surface area contributed by atoms with E-state index in [1.165, 1.54) is 4.90 Å². The third-order valence-electron chi connectivity index (χ3n) is 3.42. The number of nitrogens with zero attached hydrogens (tertiary/aromatic N) is 1. The van der Waals surface area contributed by atoms with Crippen LogP contribution in [0.2, 0.25) is 0 Å². The summed E-state index contributed by atoms with van der Waals surface area (Å²) < 4.78 is 0. The first-order valence-corrected chi connectivity index (χ1v) is 6.44. The van der Waals surface area contributed by atoms with Crippen LogP contribution >= 0.6 is 0 Å². The number of carbonyl (C=O) groups excluding carboxylic acids is 1. The van der Waals surface area contributed by atoms with Gasteiger partial charge in [-0.1, -0.05) is 19.4 Å². The Morgan fingerprint density at radius 1 is 1.56 bits per heavy atom. The summed E-state index contributed by atoms with van der Waals surface area (Å²) in [5, 5.41) is 12.4. The first-order chi connectivity index (χ1) is 8.58. The summed E-state index contributed by atoms with van der Waals surface area (Å²) in [4.78, 5) is 25.1. The molecule has 1 aliphatic heterocycles. The van der Waals surface area contributed by atoms with E-state index in [1.54, 1.807) is 6.08 Å². The zero-order chi connectivity index (χ0) is 13.6. The van der Waals surface area contributed by atoms with Gasteiger partial charge in [0.2, 0.25) is 5.91 Å². The first-order valence-electron chi connectivity index (χ1n) is 6.44. The summed E-state index contributed by atoms with van der Waals surface area (Å²) in [5.74, 6) is -1.01. The van der Waals surface area contributed by atoms with Gasteiger partial charge in [0.1, 0.15) is 5.54 Å². The normalized spacial score (nSPS) is 23.1. The summed E-state index contributed by atoms with van der Waals surface area (Å²) in [6.07, 6.45) is 4.28. The Hall–Kier alpha value is -1.36. The van der Waals surface area contributed by atoms with Gasteiger partial charge in [0, 0.05) is 13.1 Å². The van der Waals surface area contributed by atoms with Crippen molar-refractivity contribution in [1.29, 1.82) is 0 Å². The molecule has 1 amide bonds. The molecule has 0 saturated carbocycles. The molecule has 2 N–H and O–H groups in total. The molecule has 0 spiro atoms. The number of rotatable bonds is 7. The van der Waals surface area contributed by atoms with Gasteiger partial charge < -0.3 is 15.3 Å². The topological polar surface area (TPSA) is 69.6 Å². The number of likely N-dealkylation sites (tertiary alicyclic amines) is 1. The fourth-order valence-electron chi connectivity index (χ4n) is 2.62. The molecule has 18 heavy (non-hydrogen) atoms. The second kappa shape index (κ2) is 6.54. The monoisotopic (exact) mass is 254 g/mol. The average molecular weight is 254 g/mol. The Kier molecular flexibility index (Phi) is 5.34. The quantitative estimate of drug-likeness (QED) is 0.525. The molecule has 0 aliphatic carbocycles. The van der Waals surface area contributed by atoms with E-state index in [-0.39, 0.29) is 12.5 Å². The van der Waals surface area contributed by atoms with Gasteiger partial charge in [-0.05, 0) is 19.3 Å².